The normalized spacial score (nSPS) is 13.6. The molecule has 2 aliphatic heterocycles. The number of benzene rings is 7. The number of rotatable bonds is 3. The maximum absolute atomic E-state index is 10.4. The van der Waals surface area contributed by atoms with Crippen molar-refractivity contribution in [2.75, 3.05) is 9.80 Å². The van der Waals surface area contributed by atoms with Gasteiger partial charge in [-0.15, -0.1) is 0 Å². The Hall–Kier alpha value is -7.02. The third kappa shape index (κ3) is 6.89. The molecule has 0 fully saturated rings. The van der Waals surface area contributed by atoms with Gasteiger partial charge in [-0.3, -0.25) is 0 Å². The molecule has 0 atom stereocenters. The maximum atomic E-state index is 10.4. The first-order valence-corrected chi connectivity index (χ1v) is 23.3. The highest BCUT2D eigenvalue weighted by Gasteiger charge is 2.44. The van der Waals surface area contributed by atoms with Gasteiger partial charge in [0.2, 0.25) is 0 Å². The monoisotopic (exact) mass is 859 g/mol. The first-order valence-electron chi connectivity index (χ1n) is 23.3. The molecule has 7 aromatic carbocycles. The van der Waals surface area contributed by atoms with Crippen LogP contribution in [0.5, 0.6) is 0 Å². The van der Waals surface area contributed by atoms with Crippen LogP contribution in [0.1, 0.15) is 116 Å². The van der Waals surface area contributed by atoms with Crippen LogP contribution in [0.15, 0.2) is 133 Å². The first-order chi connectivity index (χ1) is 31.1. The van der Waals surface area contributed by atoms with Crippen molar-refractivity contribution in [1.29, 1.82) is 10.5 Å². The van der Waals surface area contributed by atoms with E-state index in [1.807, 2.05) is 12.1 Å². The van der Waals surface area contributed by atoms with Crippen LogP contribution < -0.4 is 26.2 Å². The van der Waals surface area contributed by atoms with Gasteiger partial charge in [-0.2, -0.15) is 10.5 Å². The summed E-state index contributed by atoms with van der Waals surface area (Å²) in [7, 11) is 0. The van der Waals surface area contributed by atoms with E-state index < -0.39 is 0 Å². The molecule has 8 aromatic rings. The molecule has 0 bridgehead atoms. The summed E-state index contributed by atoms with van der Waals surface area (Å²) in [6, 6.07) is 54.1. The van der Waals surface area contributed by atoms with Crippen molar-refractivity contribution >= 4 is 79.0 Å². The molecule has 0 N–H and O–H groups in total. The van der Waals surface area contributed by atoms with E-state index in [0.717, 1.165) is 56.2 Å². The zero-order valence-electron chi connectivity index (χ0n) is 40.5. The molecule has 66 heavy (non-hydrogen) atoms. The van der Waals surface area contributed by atoms with Crippen molar-refractivity contribution in [3.63, 3.8) is 0 Å². The third-order valence-corrected chi connectivity index (χ3v) is 14.0. The highest BCUT2D eigenvalue weighted by atomic mass is 15.2. The number of anilines is 6. The van der Waals surface area contributed by atoms with Crippen molar-refractivity contribution < 1.29 is 0 Å². The zero-order chi connectivity index (χ0) is 46.8. The van der Waals surface area contributed by atoms with Crippen molar-refractivity contribution in [3.05, 3.63) is 167 Å². The van der Waals surface area contributed by atoms with Gasteiger partial charge in [-0.1, -0.05) is 132 Å². The minimum Gasteiger partial charge on any atom is -0.311 e. The van der Waals surface area contributed by atoms with E-state index in [-0.39, 0.29) is 28.4 Å². The number of nitrogens with zero attached hydrogens (tertiary/aromatic N) is 5. The Labute approximate surface area is 391 Å². The second-order valence-corrected chi connectivity index (χ2v) is 22.7. The van der Waals surface area contributed by atoms with Crippen LogP contribution in [0.3, 0.4) is 0 Å². The van der Waals surface area contributed by atoms with Crippen molar-refractivity contribution in [2.45, 2.75) is 105 Å². The van der Waals surface area contributed by atoms with Crippen LogP contribution in [-0.4, -0.2) is 11.3 Å². The lowest BCUT2D eigenvalue weighted by molar-refractivity contribution is 0.590. The summed E-state index contributed by atoms with van der Waals surface area (Å²) in [4.78, 5) is 4.83. The first kappa shape index (κ1) is 42.9. The van der Waals surface area contributed by atoms with Crippen LogP contribution >= 0.6 is 0 Å². The summed E-state index contributed by atoms with van der Waals surface area (Å²) in [5.74, 6) is 0. The van der Waals surface area contributed by atoms with E-state index in [4.69, 9.17) is 0 Å². The van der Waals surface area contributed by atoms with Gasteiger partial charge < -0.3 is 14.4 Å². The highest BCUT2D eigenvalue weighted by molar-refractivity contribution is 7.00. The standard InChI is InChI=1S/C60H58BN5/c1-57(2,3)39-15-21-43(22-16-39)64-50-27-13-37(35-62)29-48(50)61-49-30-38(36-63)14-28-51(49)65(44-23-17-40(18-24-44)58(4,5)6)55-34-45(33-54(64)56(55)61)66-52-31-41(59(7,8)9)19-25-46(52)47-26-20-42(32-53(47)66)60(10,11)12/h13-34H,1-12H3. The average molecular weight is 860 g/mol. The fourth-order valence-electron chi connectivity index (χ4n) is 10.3. The summed E-state index contributed by atoms with van der Waals surface area (Å²) in [6.07, 6.45) is 0. The van der Waals surface area contributed by atoms with Gasteiger partial charge in [-0.25, -0.2) is 0 Å². The quantitative estimate of drug-likeness (QED) is 0.166. The Balaban J connectivity index is 1.38. The van der Waals surface area contributed by atoms with E-state index in [0.29, 0.717) is 11.1 Å². The van der Waals surface area contributed by atoms with Crippen molar-refractivity contribution in [2.24, 2.45) is 0 Å². The van der Waals surface area contributed by atoms with Gasteiger partial charge in [-0.05, 0) is 145 Å². The second-order valence-electron chi connectivity index (χ2n) is 22.7. The Morgan fingerprint density at radius 1 is 0.379 bits per heavy atom. The Kier molecular flexibility index (Phi) is 9.59. The van der Waals surface area contributed by atoms with E-state index >= 15 is 0 Å². The molecular formula is C60H58BN5. The van der Waals surface area contributed by atoms with Crippen LogP contribution in [-0.2, 0) is 21.7 Å². The molecule has 0 amide bonds. The molecule has 6 heteroatoms. The highest BCUT2D eigenvalue weighted by Crippen LogP contribution is 2.47. The Morgan fingerprint density at radius 3 is 1.09 bits per heavy atom. The molecule has 0 radical (unpaired) electrons. The summed E-state index contributed by atoms with van der Waals surface area (Å²) in [5.41, 5.74) is 18.9. The van der Waals surface area contributed by atoms with E-state index in [2.05, 4.69) is 231 Å². The lowest BCUT2D eigenvalue weighted by Crippen LogP contribution is -2.61. The average Bonchev–Trinajstić information content (AvgIpc) is 3.60. The molecule has 2 aliphatic rings. The molecular weight excluding hydrogens is 802 g/mol. The lowest BCUT2D eigenvalue weighted by atomic mass is 9.33. The zero-order valence-corrected chi connectivity index (χ0v) is 40.5. The summed E-state index contributed by atoms with van der Waals surface area (Å²) < 4.78 is 2.51. The molecule has 3 heterocycles. The number of fused-ring (bicyclic) bond motifs is 7. The van der Waals surface area contributed by atoms with Crippen LogP contribution in [0, 0.1) is 22.7 Å². The SMILES string of the molecule is CC(C)(C)c1ccc(N2c3ccc(C#N)cc3B3c4cc(C#N)ccc4N(c4ccc(C(C)(C)C)cc4)c4cc(-n5c6cc(C(C)(C)C)ccc6c6ccc(C(C)(C)C)cc65)cc2c43)cc1. The van der Waals surface area contributed by atoms with Crippen molar-refractivity contribution in [1.82, 2.24) is 4.57 Å². The van der Waals surface area contributed by atoms with Gasteiger partial charge >= 0.3 is 0 Å². The molecule has 0 saturated carbocycles. The Bertz CT molecular complexity index is 3150. The predicted molar refractivity (Wildman–Crippen MR) is 279 cm³/mol. The molecule has 0 aliphatic carbocycles. The second kappa shape index (κ2) is 14.8. The van der Waals surface area contributed by atoms with Gasteiger partial charge in [0, 0.05) is 44.9 Å². The van der Waals surface area contributed by atoms with Gasteiger partial charge in [0.05, 0.1) is 40.0 Å². The van der Waals surface area contributed by atoms with E-state index in [1.165, 1.54) is 44.1 Å². The van der Waals surface area contributed by atoms with Gasteiger partial charge in [0.25, 0.3) is 6.71 Å². The summed E-state index contributed by atoms with van der Waals surface area (Å²) in [6.45, 7) is 27.0. The third-order valence-electron chi connectivity index (χ3n) is 14.0. The van der Waals surface area contributed by atoms with Crippen LogP contribution in [0.2, 0.25) is 0 Å². The topological polar surface area (TPSA) is 59.0 Å². The largest absolute Gasteiger partial charge is 0.311 e. The summed E-state index contributed by atoms with van der Waals surface area (Å²) in [5, 5.41) is 23.3. The minimum absolute atomic E-state index is 0.0240. The molecule has 326 valence electrons. The van der Waals surface area contributed by atoms with Gasteiger partial charge in [0.15, 0.2) is 0 Å². The lowest BCUT2D eigenvalue weighted by Gasteiger charge is -2.44. The fraction of sp³-hybridized carbons (Fsp3) is 0.267. The number of aromatic nitrogens is 1. The molecule has 0 spiro atoms. The molecule has 0 unspecified atom stereocenters. The fourth-order valence-corrected chi connectivity index (χ4v) is 10.3. The molecule has 5 nitrogen and oxygen atoms in total. The van der Waals surface area contributed by atoms with E-state index in [9.17, 15) is 10.5 Å². The van der Waals surface area contributed by atoms with Gasteiger partial charge in [0.1, 0.15) is 0 Å². The minimum atomic E-state index is -0.260. The predicted octanol–water partition coefficient (Wildman–Crippen LogP) is 13.8. The molecule has 1 aromatic heterocycles. The number of nitriles is 2. The Morgan fingerprint density at radius 2 is 0.742 bits per heavy atom. The smallest absolute Gasteiger partial charge is 0.252 e. The van der Waals surface area contributed by atoms with Crippen molar-refractivity contribution in [3.8, 4) is 17.8 Å². The number of hydrogen-bond acceptors (Lipinski definition) is 4. The van der Waals surface area contributed by atoms with Crippen LogP contribution in [0.4, 0.5) is 34.1 Å². The maximum Gasteiger partial charge on any atom is 0.252 e. The van der Waals surface area contributed by atoms with E-state index in [1.54, 1.807) is 0 Å². The number of hydrogen-bond donors (Lipinski definition) is 0. The molecule has 0 saturated heterocycles. The summed E-state index contributed by atoms with van der Waals surface area (Å²) >= 11 is 0. The van der Waals surface area contributed by atoms with Crippen LogP contribution in [0.25, 0.3) is 27.5 Å². The molecule has 10 rings (SSSR count).